The number of hydrogen-bond donors (Lipinski definition) is 1. The van der Waals surface area contributed by atoms with Crippen LogP contribution in [0.4, 0.5) is 0 Å². The molecule has 0 saturated carbocycles. The van der Waals surface area contributed by atoms with E-state index in [4.69, 9.17) is 4.74 Å². The van der Waals surface area contributed by atoms with Gasteiger partial charge in [0, 0.05) is 31.2 Å². The van der Waals surface area contributed by atoms with Crippen LogP contribution in [0.2, 0.25) is 0 Å². The zero-order valence-corrected chi connectivity index (χ0v) is 15.2. The summed E-state index contributed by atoms with van der Waals surface area (Å²) >= 11 is 1.47. The van der Waals surface area contributed by atoms with Crippen molar-refractivity contribution < 1.29 is 9.53 Å². The van der Waals surface area contributed by atoms with Gasteiger partial charge in [-0.2, -0.15) is 0 Å². The van der Waals surface area contributed by atoms with Crippen LogP contribution in [0, 0.1) is 6.92 Å². The molecule has 1 aliphatic rings. The predicted molar refractivity (Wildman–Crippen MR) is 96.8 cm³/mol. The molecule has 1 saturated heterocycles. The van der Waals surface area contributed by atoms with Gasteiger partial charge in [0.2, 0.25) is 0 Å². The molecule has 0 bridgehead atoms. The number of thiazole rings is 1. The first-order valence-corrected chi connectivity index (χ1v) is 9.14. The molecule has 3 rings (SSSR count). The summed E-state index contributed by atoms with van der Waals surface area (Å²) in [6.07, 6.45) is 0. The number of carbonyl (C=O) groups excluding carboxylic acids is 1. The third kappa shape index (κ3) is 3.44. The maximum atomic E-state index is 12.9. The Kier molecular flexibility index (Phi) is 5.16. The molecule has 24 heavy (non-hydrogen) atoms. The summed E-state index contributed by atoms with van der Waals surface area (Å²) in [6, 6.07) is 8.07. The van der Waals surface area contributed by atoms with Gasteiger partial charge in [0.15, 0.2) is 0 Å². The molecule has 1 unspecified atom stereocenters. The molecule has 2 heterocycles. The fraction of sp³-hybridized carbons (Fsp3) is 0.444. The number of rotatable bonds is 4. The maximum absolute atomic E-state index is 12.9. The number of hydrogen-bond acceptors (Lipinski definition) is 5. The second-order valence-corrected chi connectivity index (χ2v) is 6.94. The predicted octanol–water partition coefficient (Wildman–Crippen LogP) is 2.95. The number of ether oxygens (including phenoxy) is 1. The van der Waals surface area contributed by atoms with Gasteiger partial charge in [-0.15, -0.1) is 11.3 Å². The molecular formula is C18H23N3O2S. The number of nitrogens with one attached hydrogen (secondary N) is 1. The first-order valence-electron chi connectivity index (χ1n) is 8.32. The smallest absolute Gasteiger partial charge is 0.266 e. The van der Waals surface area contributed by atoms with E-state index >= 15 is 0 Å². The number of aromatic nitrogens is 1. The average Bonchev–Trinajstić information content (AvgIpc) is 2.97. The van der Waals surface area contributed by atoms with E-state index in [1.54, 1.807) is 0 Å². The van der Waals surface area contributed by atoms with Crippen LogP contribution in [0.5, 0.6) is 5.75 Å². The van der Waals surface area contributed by atoms with E-state index in [1.165, 1.54) is 11.3 Å². The van der Waals surface area contributed by atoms with Crippen molar-refractivity contribution in [3.05, 3.63) is 34.8 Å². The quantitative estimate of drug-likeness (QED) is 0.926. The number of amides is 1. The number of carbonyl (C=O) groups is 1. The molecule has 1 atom stereocenters. The Bertz CT molecular complexity index is 712. The van der Waals surface area contributed by atoms with E-state index in [0.717, 1.165) is 46.5 Å². The molecule has 1 amide bonds. The van der Waals surface area contributed by atoms with Crippen LogP contribution < -0.4 is 10.1 Å². The van der Waals surface area contributed by atoms with Crippen LogP contribution >= 0.6 is 11.3 Å². The molecule has 0 spiro atoms. The first kappa shape index (κ1) is 16.9. The zero-order chi connectivity index (χ0) is 17.1. The molecule has 1 aromatic heterocycles. The lowest BCUT2D eigenvalue weighted by atomic mass is 10.2. The lowest BCUT2D eigenvalue weighted by molar-refractivity contribution is 0.0660. The highest BCUT2D eigenvalue weighted by atomic mass is 32.1. The Hall–Kier alpha value is -1.92. The Morgan fingerprint density at radius 2 is 2.17 bits per heavy atom. The molecule has 6 heteroatoms. The molecule has 2 aromatic rings. The number of benzene rings is 1. The van der Waals surface area contributed by atoms with Crippen LogP contribution in [-0.2, 0) is 0 Å². The standard InChI is InChI=1S/C18H23N3O2S/c1-4-23-15-7-5-14(6-8-15)17-20-13(3)16(24-17)18(22)21-10-9-19-11-12(21)2/h5-8,12,19H,4,9-11H2,1-3H3. The van der Waals surface area contributed by atoms with Crippen molar-refractivity contribution in [2.24, 2.45) is 0 Å². The van der Waals surface area contributed by atoms with Gasteiger partial charge >= 0.3 is 0 Å². The largest absolute Gasteiger partial charge is 0.494 e. The van der Waals surface area contributed by atoms with Gasteiger partial charge < -0.3 is 15.0 Å². The molecule has 0 radical (unpaired) electrons. The Balaban J connectivity index is 1.83. The van der Waals surface area contributed by atoms with Crippen LogP contribution in [0.3, 0.4) is 0 Å². The summed E-state index contributed by atoms with van der Waals surface area (Å²) in [7, 11) is 0. The Morgan fingerprint density at radius 3 is 2.83 bits per heavy atom. The van der Waals surface area contributed by atoms with Gasteiger partial charge in [-0.1, -0.05) is 0 Å². The zero-order valence-electron chi connectivity index (χ0n) is 14.3. The highest BCUT2D eigenvalue weighted by Gasteiger charge is 2.27. The van der Waals surface area contributed by atoms with Crippen molar-refractivity contribution >= 4 is 17.2 Å². The first-order chi connectivity index (χ1) is 11.6. The average molecular weight is 345 g/mol. The third-order valence-electron chi connectivity index (χ3n) is 4.17. The molecule has 1 aliphatic heterocycles. The van der Waals surface area contributed by atoms with Crippen molar-refractivity contribution in [2.75, 3.05) is 26.2 Å². The van der Waals surface area contributed by atoms with Gasteiger partial charge in [-0.25, -0.2) is 4.98 Å². The molecular weight excluding hydrogens is 322 g/mol. The molecule has 1 aromatic carbocycles. The summed E-state index contributed by atoms with van der Waals surface area (Å²) < 4.78 is 5.47. The Labute approximate surface area is 146 Å². The highest BCUT2D eigenvalue weighted by Crippen LogP contribution is 2.30. The van der Waals surface area contributed by atoms with Crippen molar-refractivity contribution in [1.29, 1.82) is 0 Å². The van der Waals surface area contributed by atoms with E-state index in [2.05, 4.69) is 17.2 Å². The minimum absolute atomic E-state index is 0.0937. The van der Waals surface area contributed by atoms with Gasteiger partial charge in [0.05, 0.1) is 12.3 Å². The van der Waals surface area contributed by atoms with Crippen molar-refractivity contribution in [2.45, 2.75) is 26.8 Å². The van der Waals surface area contributed by atoms with Crippen LogP contribution in [0.1, 0.15) is 29.2 Å². The van der Waals surface area contributed by atoms with E-state index < -0.39 is 0 Å². The monoisotopic (exact) mass is 345 g/mol. The summed E-state index contributed by atoms with van der Waals surface area (Å²) in [5.74, 6) is 0.941. The van der Waals surface area contributed by atoms with Crippen LogP contribution in [0.15, 0.2) is 24.3 Å². The number of nitrogens with zero attached hydrogens (tertiary/aromatic N) is 2. The molecule has 128 valence electrons. The van der Waals surface area contributed by atoms with E-state index in [9.17, 15) is 4.79 Å². The van der Waals surface area contributed by atoms with Crippen LogP contribution in [-0.4, -0.2) is 48.1 Å². The maximum Gasteiger partial charge on any atom is 0.266 e. The van der Waals surface area contributed by atoms with Crippen molar-refractivity contribution in [3.63, 3.8) is 0 Å². The van der Waals surface area contributed by atoms with Gasteiger partial charge in [0.1, 0.15) is 15.6 Å². The van der Waals surface area contributed by atoms with Gasteiger partial charge in [-0.3, -0.25) is 4.79 Å². The third-order valence-corrected chi connectivity index (χ3v) is 5.36. The van der Waals surface area contributed by atoms with E-state index in [-0.39, 0.29) is 11.9 Å². The number of aryl methyl sites for hydroxylation is 1. The minimum atomic E-state index is 0.0937. The minimum Gasteiger partial charge on any atom is -0.494 e. The summed E-state index contributed by atoms with van der Waals surface area (Å²) in [5, 5.41) is 4.19. The van der Waals surface area contributed by atoms with E-state index in [0.29, 0.717) is 6.61 Å². The molecule has 1 N–H and O–H groups in total. The second kappa shape index (κ2) is 7.32. The second-order valence-electron chi connectivity index (χ2n) is 5.94. The molecule has 0 aliphatic carbocycles. The lowest BCUT2D eigenvalue weighted by Crippen LogP contribution is -2.52. The number of piperazine rings is 1. The summed E-state index contributed by atoms with van der Waals surface area (Å²) in [4.78, 5) is 20.2. The summed E-state index contributed by atoms with van der Waals surface area (Å²) in [5.41, 5.74) is 1.82. The highest BCUT2D eigenvalue weighted by molar-refractivity contribution is 7.17. The normalized spacial score (nSPS) is 17.8. The van der Waals surface area contributed by atoms with Crippen molar-refractivity contribution in [3.8, 4) is 16.3 Å². The molecule has 5 nitrogen and oxygen atoms in total. The molecule has 1 fully saturated rings. The van der Waals surface area contributed by atoms with Crippen LogP contribution in [0.25, 0.3) is 10.6 Å². The van der Waals surface area contributed by atoms with Gasteiger partial charge in [-0.05, 0) is 45.0 Å². The summed E-state index contributed by atoms with van der Waals surface area (Å²) in [6.45, 7) is 9.04. The Morgan fingerprint density at radius 1 is 1.42 bits per heavy atom. The fourth-order valence-corrected chi connectivity index (χ4v) is 3.88. The lowest BCUT2D eigenvalue weighted by Gasteiger charge is -2.33. The SMILES string of the molecule is CCOc1ccc(-c2nc(C)c(C(=O)N3CCNCC3C)s2)cc1. The van der Waals surface area contributed by atoms with Gasteiger partial charge in [0.25, 0.3) is 5.91 Å². The fourth-order valence-electron chi connectivity index (χ4n) is 2.85. The van der Waals surface area contributed by atoms with Crippen molar-refractivity contribution in [1.82, 2.24) is 15.2 Å². The van der Waals surface area contributed by atoms with E-state index in [1.807, 2.05) is 43.0 Å². The topological polar surface area (TPSA) is 54.5 Å².